The topological polar surface area (TPSA) is 55.5 Å². The fourth-order valence-corrected chi connectivity index (χ4v) is 0.910. The van der Waals surface area contributed by atoms with Gasteiger partial charge in [-0.15, -0.1) is 0 Å². The van der Waals surface area contributed by atoms with Gasteiger partial charge in [0.05, 0.1) is 0 Å². The minimum absolute atomic E-state index is 0.672. The van der Waals surface area contributed by atoms with Crippen molar-refractivity contribution in [3.05, 3.63) is 29.8 Å². The zero-order valence-corrected chi connectivity index (χ0v) is 7.24. The average molecular weight is 167 g/mol. The van der Waals surface area contributed by atoms with E-state index in [9.17, 15) is 5.11 Å². The van der Waals surface area contributed by atoms with Gasteiger partial charge in [-0.3, -0.25) is 0 Å². The van der Waals surface area contributed by atoms with E-state index in [1.165, 1.54) is 7.11 Å². The van der Waals surface area contributed by atoms with Crippen LogP contribution in [-0.2, 0) is 10.5 Å². The Morgan fingerprint density at radius 1 is 1.33 bits per heavy atom. The number of benzene rings is 1. The second kappa shape index (κ2) is 3.13. The van der Waals surface area contributed by atoms with Crippen LogP contribution >= 0.6 is 0 Å². The maximum Gasteiger partial charge on any atom is 0.189 e. The van der Waals surface area contributed by atoms with Gasteiger partial charge in [0.1, 0.15) is 0 Å². The van der Waals surface area contributed by atoms with E-state index in [-0.39, 0.29) is 0 Å². The van der Waals surface area contributed by atoms with Crippen molar-refractivity contribution in [3.8, 4) is 0 Å². The fourth-order valence-electron chi connectivity index (χ4n) is 0.910. The van der Waals surface area contributed by atoms with Gasteiger partial charge in [0.15, 0.2) is 5.79 Å². The molecule has 0 aromatic heterocycles. The highest BCUT2D eigenvalue weighted by atomic mass is 16.6. The molecule has 12 heavy (non-hydrogen) atoms. The summed E-state index contributed by atoms with van der Waals surface area (Å²) in [6, 6.07) is 6.92. The van der Waals surface area contributed by atoms with Gasteiger partial charge in [0.2, 0.25) is 0 Å². The first-order valence-electron chi connectivity index (χ1n) is 3.70. The summed E-state index contributed by atoms with van der Waals surface area (Å²) in [5, 5.41) is 9.62. The molecule has 0 aliphatic heterocycles. The molecule has 0 radical (unpaired) electrons. The second-order valence-corrected chi connectivity index (χ2v) is 2.81. The fraction of sp³-hybridized carbons (Fsp3) is 0.333. The zero-order chi connectivity index (χ0) is 9.19. The molecule has 0 aliphatic rings. The minimum Gasteiger partial charge on any atom is -0.399 e. The van der Waals surface area contributed by atoms with Crippen molar-refractivity contribution in [3.63, 3.8) is 0 Å². The Morgan fingerprint density at radius 3 is 2.25 bits per heavy atom. The van der Waals surface area contributed by atoms with Crippen LogP contribution < -0.4 is 5.73 Å². The molecule has 0 saturated heterocycles. The van der Waals surface area contributed by atoms with Crippen LogP contribution in [0.2, 0.25) is 0 Å². The number of hydrogen-bond acceptors (Lipinski definition) is 3. The van der Waals surface area contributed by atoms with Crippen molar-refractivity contribution in [2.75, 3.05) is 12.8 Å². The molecule has 0 aliphatic carbocycles. The number of anilines is 1. The van der Waals surface area contributed by atoms with Crippen LogP contribution in [0.3, 0.4) is 0 Å². The number of nitrogen functional groups attached to an aromatic ring is 1. The van der Waals surface area contributed by atoms with E-state index in [4.69, 9.17) is 10.5 Å². The maximum atomic E-state index is 9.62. The normalized spacial score (nSPS) is 15.6. The number of nitrogens with two attached hydrogens (primary N) is 1. The van der Waals surface area contributed by atoms with E-state index < -0.39 is 5.79 Å². The van der Waals surface area contributed by atoms with Crippen LogP contribution in [0.5, 0.6) is 0 Å². The predicted molar refractivity (Wildman–Crippen MR) is 47.4 cm³/mol. The number of rotatable bonds is 2. The Bertz CT molecular complexity index is 254. The molecule has 0 spiro atoms. The van der Waals surface area contributed by atoms with Crippen LogP contribution in [0.15, 0.2) is 24.3 Å². The lowest BCUT2D eigenvalue weighted by Gasteiger charge is -2.21. The van der Waals surface area contributed by atoms with Gasteiger partial charge >= 0.3 is 0 Å². The second-order valence-electron chi connectivity index (χ2n) is 2.81. The first kappa shape index (κ1) is 9.03. The SMILES string of the molecule is COC(C)(O)c1ccc(N)cc1. The van der Waals surface area contributed by atoms with Gasteiger partial charge < -0.3 is 15.6 Å². The Balaban J connectivity index is 2.96. The van der Waals surface area contributed by atoms with Crippen molar-refractivity contribution >= 4 is 5.69 Å². The van der Waals surface area contributed by atoms with E-state index in [2.05, 4.69) is 0 Å². The van der Waals surface area contributed by atoms with Gasteiger partial charge in [0, 0.05) is 18.4 Å². The highest BCUT2D eigenvalue weighted by Crippen LogP contribution is 2.21. The molecule has 0 saturated carbocycles. The van der Waals surface area contributed by atoms with Gasteiger partial charge in [-0.1, -0.05) is 12.1 Å². The van der Waals surface area contributed by atoms with E-state index in [1.807, 2.05) is 0 Å². The molecule has 1 aromatic carbocycles. The van der Waals surface area contributed by atoms with Crippen LogP contribution in [0.1, 0.15) is 12.5 Å². The molecule has 1 rings (SSSR count). The minimum atomic E-state index is -1.23. The molecular weight excluding hydrogens is 154 g/mol. The standard InChI is InChI=1S/C9H13NO2/c1-9(11,12-2)7-3-5-8(10)6-4-7/h3-6,11H,10H2,1-2H3. The smallest absolute Gasteiger partial charge is 0.189 e. The van der Waals surface area contributed by atoms with E-state index in [1.54, 1.807) is 31.2 Å². The highest BCUT2D eigenvalue weighted by molar-refractivity contribution is 5.40. The van der Waals surface area contributed by atoms with Crippen molar-refractivity contribution in [2.45, 2.75) is 12.7 Å². The summed E-state index contributed by atoms with van der Waals surface area (Å²) in [5.41, 5.74) is 6.85. The maximum absolute atomic E-state index is 9.62. The summed E-state index contributed by atoms with van der Waals surface area (Å²) < 4.78 is 4.88. The summed E-state index contributed by atoms with van der Waals surface area (Å²) in [6.45, 7) is 1.58. The van der Waals surface area contributed by atoms with Gasteiger partial charge in [-0.25, -0.2) is 0 Å². The number of methoxy groups -OCH3 is 1. The molecule has 0 heterocycles. The van der Waals surface area contributed by atoms with Crippen LogP contribution in [-0.4, -0.2) is 12.2 Å². The summed E-state index contributed by atoms with van der Waals surface area (Å²) in [7, 11) is 1.45. The van der Waals surface area contributed by atoms with Gasteiger partial charge in [-0.2, -0.15) is 0 Å². The summed E-state index contributed by atoms with van der Waals surface area (Å²) in [4.78, 5) is 0. The summed E-state index contributed by atoms with van der Waals surface area (Å²) >= 11 is 0. The van der Waals surface area contributed by atoms with E-state index in [0.29, 0.717) is 11.3 Å². The van der Waals surface area contributed by atoms with Crippen LogP contribution in [0, 0.1) is 0 Å². The first-order valence-corrected chi connectivity index (χ1v) is 3.70. The molecule has 3 nitrogen and oxygen atoms in total. The number of hydrogen-bond donors (Lipinski definition) is 2. The monoisotopic (exact) mass is 167 g/mol. The summed E-state index contributed by atoms with van der Waals surface area (Å²) in [5.74, 6) is -1.23. The Kier molecular flexibility index (Phi) is 2.35. The Hall–Kier alpha value is -1.06. The summed E-state index contributed by atoms with van der Waals surface area (Å²) in [6.07, 6.45) is 0. The number of aliphatic hydroxyl groups is 1. The third-order valence-corrected chi connectivity index (χ3v) is 1.84. The third-order valence-electron chi connectivity index (χ3n) is 1.84. The molecule has 0 bridgehead atoms. The highest BCUT2D eigenvalue weighted by Gasteiger charge is 2.21. The molecule has 0 amide bonds. The van der Waals surface area contributed by atoms with Crippen LogP contribution in [0.4, 0.5) is 5.69 Å². The molecule has 1 aromatic rings. The van der Waals surface area contributed by atoms with Crippen molar-refractivity contribution in [1.29, 1.82) is 0 Å². The lowest BCUT2D eigenvalue weighted by Crippen LogP contribution is -2.23. The molecule has 66 valence electrons. The molecule has 1 atom stereocenters. The molecule has 3 N–H and O–H groups in total. The predicted octanol–water partition coefficient (Wildman–Crippen LogP) is 1.08. The van der Waals surface area contributed by atoms with Crippen LogP contribution in [0.25, 0.3) is 0 Å². The number of ether oxygens (including phenoxy) is 1. The van der Waals surface area contributed by atoms with Crippen molar-refractivity contribution < 1.29 is 9.84 Å². The van der Waals surface area contributed by atoms with E-state index in [0.717, 1.165) is 0 Å². The first-order chi connectivity index (χ1) is 5.56. The molecule has 0 fully saturated rings. The van der Waals surface area contributed by atoms with Gasteiger partial charge in [0.25, 0.3) is 0 Å². The third kappa shape index (κ3) is 1.75. The lowest BCUT2D eigenvalue weighted by molar-refractivity contribution is -0.179. The largest absolute Gasteiger partial charge is 0.399 e. The van der Waals surface area contributed by atoms with E-state index >= 15 is 0 Å². The molecule has 1 unspecified atom stereocenters. The Morgan fingerprint density at radius 2 is 1.83 bits per heavy atom. The Labute approximate surface area is 71.8 Å². The quantitative estimate of drug-likeness (QED) is 0.512. The molecular formula is C9H13NO2. The zero-order valence-electron chi connectivity index (χ0n) is 7.24. The average Bonchev–Trinajstić information content (AvgIpc) is 2.05. The van der Waals surface area contributed by atoms with Crippen molar-refractivity contribution in [2.24, 2.45) is 0 Å². The molecule has 3 heteroatoms. The lowest BCUT2D eigenvalue weighted by atomic mass is 10.1. The van der Waals surface area contributed by atoms with Crippen molar-refractivity contribution in [1.82, 2.24) is 0 Å². The van der Waals surface area contributed by atoms with Gasteiger partial charge in [-0.05, 0) is 19.1 Å².